The molecule has 1 aromatic rings. The fourth-order valence-corrected chi connectivity index (χ4v) is 2.87. The van der Waals surface area contributed by atoms with Gasteiger partial charge in [0.15, 0.2) is 0 Å². The summed E-state index contributed by atoms with van der Waals surface area (Å²) in [4.78, 5) is 12.3. The van der Waals surface area contributed by atoms with Gasteiger partial charge in [0.2, 0.25) is 5.91 Å². The predicted octanol–water partition coefficient (Wildman–Crippen LogP) is 1.53. The summed E-state index contributed by atoms with van der Waals surface area (Å²) in [5.74, 6) is 0.615. The minimum Gasteiger partial charge on any atom is -0.396 e. The van der Waals surface area contributed by atoms with E-state index in [0.717, 1.165) is 24.1 Å². The molecule has 19 heavy (non-hydrogen) atoms. The minimum absolute atomic E-state index is 0.0306. The van der Waals surface area contributed by atoms with Crippen molar-refractivity contribution in [3.05, 3.63) is 29.8 Å². The molecule has 1 aliphatic carbocycles. The number of hydrogen-bond acceptors (Lipinski definition) is 3. The molecule has 0 bridgehead atoms. The number of anilines is 1. The highest BCUT2D eigenvalue weighted by atomic mass is 16.2. The molecule has 0 heterocycles. The van der Waals surface area contributed by atoms with Crippen LogP contribution < -0.4 is 11.1 Å². The molecule has 1 amide bonds. The summed E-state index contributed by atoms with van der Waals surface area (Å²) in [6.45, 7) is 2.69. The lowest BCUT2D eigenvalue weighted by Crippen LogP contribution is -2.51. The molecule has 2 rings (SSSR count). The molecule has 0 radical (unpaired) electrons. The van der Waals surface area contributed by atoms with E-state index in [1.54, 1.807) is 0 Å². The van der Waals surface area contributed by atoms with Crippen molar-refractivity contribution in [2.24, 2.45) is 17.1 Å². The van der Waals surface area contributed by atoms with E-state index in [0.29, 0.717) is 18.9 Å². The number of rotatable bonds is 5. The van der Waals surface area contributed by atoms with Crippen LogP contribution in [-0.2, 0) is 11.2 Å². The first kappa shape index (κ1) is 14.0. The van der Waals surface area contributed by atoms with Crippen molar-refractivity contribution in [2.45, 2.75) is 26.2 Å². The van der Waals surface area contributed by atoms with E-state index in [-0.39, 0.29) is 17.9 Å². The van der Waals surface area contributed by atoms with Crippen LogP contribution in [0, 0.1) is 11.3 Å². The van der Waals surface area contributed by atoms with Gasteiger partial charge < -0.3 is 16.2 Å². The molecular weight excluding hydrogens is 240 g/mol. The molecule has 4 N–H and O–H groups in total. The first-order valence-corrected chi connectivity index (χ1v) is 6.81. The number of benzene rings is 1. The van der Waals surface area contributed by atoms with Crippen molar-refractivity contribution in [3.63, 3.8) is 0 Å². The molecule has 0 atom stereocenters. The van der Waals surface area contributed by atoms with Crippen LogP contribution in [0.4, 0.5) is 5.69 Å². The number of carbonyl (C=O) groups excluding carboxylic acids is 1. The summed E-state index contributed by atoms with van der Waals surface area (Å²) >= 11 is 0. The van der Waals surface area contributed by atoms with Crippen molar-refractivity contribution in [1.82, 2.24) is 0 Å². The lowest BCUT2D eigenvalue weighted by molar-refractivity contribution is -0.132. The second kappa shape index (κ2) is 5.72. The summed E-state index contributed by atoms with van der Waals surface area (Å²) in [6, 6.07) is 7.58. The Balaban J connectivity index is 1.98. The summed E-state index contributed by atoms with van der Waals surface area (Å²) in [5, 5.41) is 11.8. The van der Waals surface area contributed by atoms with E-state index < -0.39 is 0 Å². The van der Waals surface area contributed by atoms with Gasteiger partial charge in [0.25, 0.3) is 0 Å². The predicted molar refractivity (Wildman–Crippen MR) is 75.7 cm³/mol. The maximum Gasteiger partial charge on any atom is 0.231 e. The Labute approximate surface area is 114 Å². The Bertz CT molecular complexity index is 436. The lowest BCUT2D eigenvalue weighted by Gasteiger charge is -2.44. The summed E-state index contributed by atoms with van der Waals surface area (Å²) in [5.41, 5.74) is 7.24. The molecule has 104 valence electrons. The summed E-state index contributed by atoms with van der Waals surface area (Å²) < 4.78 is 0. The Kier molecular flexibility index (Phi) is 4.22. The van der Waals surface area contributed by atoms with E-state index in [1.165, 1.54) is 0 Å². The normalized spacial score (nSPS) is 25.7. The maximum absolute atomic E-state index is 12.3. The Morgan fingerprint density at radius 2 is 2.05 bits per heavy atom. The third-order valence-electron chi connectivity index (χ3n) is 3.96. The van der Waals surface area contributed by atoms with Crippen LogP contribution in [0.2, 0.25) is 0 Å². The van der Waals surface area contributed by atoms with Crippen LogP contribution in [0.3, 0.4) is 0 Å². The molecule has 0 saturated heterocycles. The van der Waals surface area contributed by atoms with Gasteiger partial charge in [-0.25, -0.2) is 0 Å². The Morgan fingerprint density at radius 3 is 2.53 bits per heavy atom. The van der Waals surface area contributed by atoms with E-state index in [2.05, 4.69) is 12.2 Å². The van der Waals surface area contributed by atoms with Gasteiger partial charge in [0.05, 0.1) is 5.41 Å². The first-order chi connectivity index (χ1) is 9.09. The average Bonchev–Trinajstić information content (AvgIpc) is 2.37. The third-order valence-corrected chi connectivity index (χ3v) is 3.96. The molecule has 1 saturated carbocycles. The fourth-order valence-electron chi connectivity index (χ4n) is 2.87. The van der Waals surface area contributed by atoms with Crippen LogP contribution in [-0.4, -0.2) is 24.2 Å². The molecule has 1 aromatic carbocycles. The molecule has 0 aromatic heterocycles. The van der Waals surface area contributed by atoms with E-state index in [9.17, 15) is 4.79 Å². The van der Waals surface area contributed by atoms with Crippen LogP contribution in [0.5, 0.6) is 0 Å². The first-order valence-electron chi connectivity index (χ1n) is 6.81. The highest BCUT2D eigenvalue weighted by Gasteiger charge is 2.47. The van der Waals surface area contributed by atoms with Gasteiger partial charge >= 0.3 is 0 Å². The molecule has 1 fully saturated rings. The van der Waals surface area contributed by atoms with E-state index in [4.69, 9.17) is 10.8 Å². The van der Waals surface area contributed by atoms with Crippen molar-refractivity contribution < 1.29 is 9.90 Å². The highest BCUT2D eigenvalue weighted by Crippen LogP contribution is 2.45. The van der Waals surface area contributed by atoms with Crippen LogP contribution in [0.15, 0.2) is 24.3 Å². The SMILES string of the molecule is CC1CC(CN)(C(=O)Nc2ccc(CCO)cc2)C1. The monoisotopic (exact) mass is 262 g/mol. The van der Waals surface area contributed by atoms with Gasteiger partial charge in [-0.05, 0) is 42.9 Å². The number of aliphatic hydroxyl groups is 1. The maximum atomic E-state index is 12.3. The lowest BCUT2D eigenvalue weighted by atomic mass is 9.62. The van der Waals surface area contributed by atoms with Crippen LogP contribution in [0.1, 0.15) is 25.3 Å². The molecular formula is C15H22N2O2. The Hall–Kier alpha value is -1.39. The van der Waals surface area contributed by atoms with Crippen molar-refractivity contribution in [2.75, 3.05) is 18.5 Å². The zero-order valence-electron chi connectivity index (χ0n) is 11.4. The quantitative estimate of drug-likeness (QED) is 0.753. The van der Waals surface area contributed by atoms with E-state index in [1.807, 2.05) is 24.3 Å². The number of nitrogens with two attached hydrogens (primary N) is 1. The van der Waals surface area contributed by atoms with Gasteiger partial charge in [-0.2, -0.15) is 0 Å². The molecule has 0 spiro atoms. The number of nitrogens with one attached hydrogen (secondary N) is 1. The smallest absolute Gasteiger partial charge is 0.231 e. The number of aliphatic hydroxyl groups excluding tert-OH is 1. The van der Waals surface area contributed by atoms with Crippen molar-refractivity contribution in [3.8, 4) is 0 Å². The third kappa shape index (κ3) is 2.96. The van der Waals surface area contributed by atoms with Crippen molar-refractivity contribution >= 4 is 11.6 Å². The van der Waals surface area contributed by atoms with Crippen LogP contribution in [0.25, 0.3) is 0 Å². The average molecular weight is 262 g/mol. The van der Waals surface area contributed by atoms with Gasteiger partial charge in [-0.15, -0.1) is 0 Å². The molecule has 0 unspecified atom stereocenters. The molecule has 4 heteroatoms. The number of carbonyl (C=O) groups is 1. The molecule has 0 aliphatic heterocycles. The summed E-state index contributed by atoms with van der Waals surface area (Å²) in [6.07, 6.45) is 2.38. The second-order valence-electron chi connectivity index (χ2n) is 5.62. The Morgan fingerprint density at radius 1 is 1.42 bits per heavy atom. The molecule has 4 nitrogen and oxygen atoms in total. The van der Waals surface area contributed by atoms with Gasteiger partial charge in [0.1, 0.15) is 0 Å². The highest BCUT2D eigenvalue weighted by molar-refractivity contribution is 5.96. The van der Waals surface area contributed by atoms with Crippen molar-refractivity contribution in [1.29, 1.82) is 0 Å². The number of amides is 1. The zero-order chi connectivity index (χ0) is 13.9. The topological polar surface area (TPSA) is 75.4 Å². The molecule has 1 aliphatic rings. The van der Waals surface area contributed by atoms with Gasteiger partial charge in [-0.1, -0.05) is 19.1 Å². The minimum atomic E-state index is -0.372. The fraction of sp³-hybridized carbons (Fsp3) is 0.533. The second-order valence-corrected chi connectivity index (χ2v) is 5.62. The van der Waals surface area contributed by atoms with Gasteiger partial charge in [0, 0.05) is 18.8 Å². The van der Waals surface area contributed by atoms with E-state index >= 15 is 0 Å². The number of hydrogen-bond donors (Lipinski definition) is 3. The van der Waals surface area contributed by atoms with Crippen LogP contribution >= 0.6 is 0 Å². The standard InChI is InChI=1S/C15H22N2O2/c1-11-8-15(9-11,10-16)14(19)17-13-4-2-12(3-5-13)6-7-18/h2-5,11,18H,6-10,16H2,1H3,(H,17,19). The van der Waals surface area contributed by atoms with Gasteiger partial charge in [-0.3, -0.25) is 4.79 Å². The summed E-state index contributed by atoms with van der Waals surface area (Å²) in [7, 11) is 0. The zero-order valence-corrected chi connectivity index (χ0v) is 11.4. The largest absolute Gasteiger partial charge is 0.396 e.